The maximum atomic E-state index is 12.4. The van der Waals surface area contributed by atoms with E-state index in [9.17, 15) is 13.5 Å². The summed E-state index contributed by atoms with van der Waals surface area (Å²) in [5.41, 5.74) is 1.57. The Bertz CT molecular complexity index is 835. The van der Waals surface area contributed by atoms with Crippen LogP contribution in [0.25, 0.3) is 6.08 Å². The van der Waals surface area contributed by atoms with Gasteiger partial charge in [0, 0.05) is 0 Å². The molecule has 0 aromatic heterocycles. The molecule has 108 valence electrons. The highest BCUT2D eigenvalue weighted by molar-refractivity contribution is 7.95. The Labute approximate surface area is 123 Å². The number of aromatic hydroxyl groups is 1. The van der Waals surface area contributed by atoms with Crippen LogP contribution >= 0.6 is 0 Å². The Morgan fingerprint density at radius 2 is 1.90 bits per heavy atom. The third-order valence-electron chi connectivity index (χ3n) is 3.36. The van der Waals surface area contributed by atoms with Gasteiger partial charge in [-0.05, 0) is 42.3 Å². The molecule has 0 aliphatic carbocycles. The first-order valence-electron chi connectivity index (χ1n) is 6.45. The van der Waals surface area contributed by atoms with Crippen LogP contribution in [0.5, 0.6) is 11.5 Å². The van der Waals surface area contributed by atoms with Crippen molar-refractivity contribution in [1.29, 1.82) is 0 Å². The molecule has 2 aromatic rings. The summed E-state index contributed by atoms with van der Waals surface area (Å²) in [6, 6.07) is 11.8. The van der Waals surface area contributed by atoms with Crippen molar-refractivity contribution in [2.24, 2.45) is 0 Å². The van der Waals surface area contributed by atoms with Gasteiger partial charge in [0.25, 0.3) is 0 Å². The number of ether oxygens (including phenoxy) is 1. The lowest BCUT2D eigenvalue weighted by Gasteiger charge is -2.08. The van der Waals surface area contributed by atoms with E-state index in [1.54, 1.807) is 36.4 Å². The van der Waals surface area contributed by atoms with Crippen LogP contribution in [-0.2, 0) is 9.84 Å². The molecule has 5 heteroatoms. The first-order valence-corrected chi connectivity index (χ1v) is 7.94. The highest BCUT2D eigenvalue weighted by atomic mass is 32.2. The smallest absolute Gasteiger partial charge is 0.206 e. The molecule has 0 fully saturated rings. The number of sulfone groups is 1. The van der Waals surface area contributed by atoms with E-state index in [1.165, 1.54) is 6.07 Å². The van der Waals surface area contributed by atoms with Crippen LogP contribution in [0.1, 0.15) is 11.1 Å². The van der Waals surface area contributed by atoms with Crippen LogP contribution in [0.4, 0.5) is 0 Å². The fourth-order valence-corrected chi connectivity index (χ4v) is 3.79. The maximum Gasteiger partial charge on any atom is 0.206 e. The summed E-state index contributed by atoms with van der Waals surface area (Å²) in [7, 11) is -3.50. The first-order chi connectivity index (χ1) is 9.98. The number of para-hydroxylation sites is 2. The number of rotatable bonds is 3. The molecule has 0 radical (unpaired) electrons. The van der Waals surface area contributed by atoms with Gasteiger partial charge in [-0.3, -0.25) is 0 Å². The summed E-state index contributed by atoms with van der Waals surface area (Å²) in [5, 5.41) is 9.63. The molecule has 0 unspecified atom stereocenters. The molecule has 0 amide bonds. The van der Waals surface area contributed by atoms with Gasteiger partial charge in [-0.15, -0.1) is 0 Å². The van der Waals surface area contributed by atoms with Gasteiger partial charge in [-0.1, -0.05) is 24.3 Å². The van der Waals surface area contributed by atoms with Gasteiger partial charge in [0.1, 0.15) is 6.61 Å². The molecule has 1 aliphatic heterocycles. The minimum absolute atomic E-state index is 0.0122. The molecule has 1 N–H and O–H groups in total. The average molecular weight is 302 g/mol. The van der Waals surface area contributed by atoms with Gasteiger partial charge in [0.2, 0.25) is 9.84 Å². The fourth-order valence-electron chi connectivity index (χ4n) is 2.23. The average Bonchev–Trinajstić information content (AvgIpc) is 2.69. The minimum atomic E-state index is -3.50. The van der Waals surface area contributed by atoms with Crippen molar-refractivity contribution >= 4 is 15.9 Å². The van der Waals surface area contributed by atoms with Gasteiger partial charge in [-0.2, -0.15) is 0 Å². The van der Waals surface area contributed by atoms with Gasteiger partial charge < -0.3 is 9.84 Å². The van der Waals surface area contributed by atoms with Crippen molar-refractivity contribution in [3.63, 3.8) is 0 Å². The second kappa shape index (κ2) is 4.93. The van der Waals surface area contributed by atoms with Crippen molar-refractivity contribution in [3.05, 3.63) is 58.5 Å². The van der Waals surface area contributed by atoms with Crippen LogP contribution in [-0.4, -0.2) is 20.1 Å². The molecule has 21 heavy (non-hydrogen) atoms. The number of hydrogen-bond donors (Lipinski definition) is 1. The van der Waals surface area contributed by atoms with Crippen LogP contribution in [0.15, 0.2) is 52.3 Å². The normalized spacial score (nSPS) is 15.4. The molecule has 0 saturated carbocycles. The summed E-state index contributed by atoms with van der Waals surface area (Å²) in [5.74, 6) is 0.252. The Kier molecular flexibility index (Phi) is 3.22. The lowest BCUT2D eigenvalue weighted by Crippen LogP contribution is -2.09. The number of phenolic OH excluding ortho intramolecular Hbond substituents is 1. The lowest BCUT2D eigenvalue weighted by molar-refractivity contribution is 0.333. The number of fused-ring (bicyclic) bond motifs is 1. The highest BCUT2D eigenvalue weighted by Gasteiger charge is 2.30. The third kappa shape index (κ3) is 2.40. The Balaban J connectivity index is 1.87. The zero-order chi connectivity index (χ0) is 15.0. The molecule has 3 rings (SSSR count). The molecule has 0 atom stereocenters. The van der Waals surface area contributed by atoms with E-state index in [0.717, 1.165) is 5.56 Å². The van der Waals surface area contributed by atoms with E-state index in [1.807, 2.05) is 13.0 Å². The second-order valence-electron chi connectivity index (χ2n) is 4.91. The molecular formula is C16H14O4S. The van der Waals surface area contributed by atoms with Crippen molar-refractivity contribution in [1.82, 2.24) is 0 Å². The molecule has 0 spiro atoms. The van der Waals surface area contributed by atoms with Crippen LogP contribution < -0.4 is 4.74 Å². The summed E-state index contributed by atoms with van der Waals surface area (Å²) in [6.07, 6.45) is 1.62. The van der Waals surface area contributed by atoms with Crippen molar-refractivity contribution in [2.75, 3.05) is 6.61 Å². The van der Waals surface area contributed by atoms with Crippen LogP contribution in [0, 0.1) is 6.92 Å². The van der Waals surface area contributed by atoms with Crippen LogP contribution in [0.3, 0.4) is 0 Å². The highest BCUT2D eigenvalue weighted by Crippen LogP contribution is 2.34. The quantitative estimate of drug-likeness (QED) is 0.947. The number of benzene rings is 2. The Morgan fingerprint density at radius 3 is 2.67 bits per heavy atom. The third-order valence-corrected chi connectivity index (χ3v) is 5.21. The zero-order valence-corrected chi connectivity index (χ0v) is 12.2. The summed E-state index contributed by atoms with van der Waals surface area (Å²) in [6.45, 7) is 1.75. The van der Waals surface area contributed by atoms with Gasteiger partial charge in [0.05, 0.1) is 9.80 Å². The molecule has 1 aliphatic rings. The lowest BCUT2D eigenvalue weighted by atomic mass is 10.1. The van der Waals surface area contributed by atoms with E-state index in [0.29, 0.717) is 10.5 Å². The monoisotopic (exact) mass is 302 g/mol. The summed E-state index contributed by atoms with van der Waals surface area (Å²) in [4.78, 5) is 0.518. The standard InChI is InChI=1S/C16H14O4S/c1-11-6-7-12-9-13(21(18,19)16(12)8-11)10-20-15-5-3-2-4-14(15)17/h2-9,17H,10H2,1H3. The second-order valence-corrected chi connectivity index (χ2v) is 6.88. The Morgan fingerprint density at radius 1 is 1.14 bits per heavy atom. The van der Waals surface area contributed by atoms with E-state index >= 15 is 0 Å². The van der Waals surface area contributed by atoms with Crippen molar-refractivity contribution < 1.29 is 18.3 Å². The van der Waals surface area contributed by atoms with E-state index in [-0.39, 0.29) is 23.0 Å². The van der Waals surface area contributed by atoms with E-state index in [2.05, 4.69) is 0 Å². The molecule has 0 saturated heterocycles. The van der Waals surface area contributed by atoms with Crippen molar-refractivity contribution in [3.8, 4) is 11.5 Å². The molecule has 1 heterocycles. The van der Waals surface area contributed by atoms with Gasteiger partial charge in [0.15, 0.2) is 11.5 Å². The number of aryl methyl sites for hydroxylation is 1. The molecule has 2 aromatic carbocycles. The zero-order valence-electron chi connectivity index (χ0n) is 11.4. The largest absolute Gasteiger partial charge is 0.504 e. The maximum absolute atomic E-state index is 12.4. The fraction of sp³-hybridized carbons (Fsp3) is 0.125. The first kappa shape index (κ1) is 13.7. The predicted octanol–water partition coefficient (Wildman–Crippen LogP) is 2.91. The van der Waals surface area contributed by atoms with Crippen LogP contribution in [0.2, 0.25) is 0 Å². The Hall–Kier alpha value is -2.27. The molecule has 4 nitrogen and oxygen atoms in total. The molecular weight excluding hydrogens is 288 g/mol. The SMILES string of the molecule is Cc1ccc2c(c1)S(=O)(=O)C(COc1ccccc1O)=C2. The van der Waals surface area contributed by atoms with Gasteiger partial charge >= 0.3 is 0 Å². The summed E-state index contributed by atoms with van der Waals surface area (Å²) >= 11 is 0. The van der Waals surface area contributed by atoms with E-state index in [4.69, 9.17) is 4.74 Å². The number of phenols is 1. The number of hydrogen-bond acceptors (Lipinski definition) is 4. The topological polar surface area (TPSA) is 63.6 Å². The van der Waals surface area contributed by atoms with Gasteiger partial charge in [-0.25, -0.2) is 8.42 Å². The molecule has 0 bridgehead atoms. The predicted molar refractivity (Wildman–Crippen MR) is 79.9 cm³/mol. The summed E-state index contributed by atoms with van der Waals surface area (Å²) < 4.78 is 30.3. The van der Waals surface area contributed by atoms with Crippen molar-refractivity contribution in [2.45, 2.75) is 11.8 Å². The minimum Gasteiger partial charge on any atom is -0.504 e. The van der Waals surface area contributed by atoms with E-state index < -0.39 is 9.84 Å².